The van der Waals surface area contributed by atoms with Crippen molar-refractivity contribution in [3.63, 3.8) is 0 Å². The lowest BCUT2D eigenvalue weighted by atomic mass is 9.66. The molecule has 3 nitrogen and oxygen atoms in total. The number of benzene rings is 1. The topological polar surface area (TPSA) is 35.3 Å². The Morgan fingerprint density at radius 3 is 2.22 bits per heavy atom. The second-order valence-corrected chi connectivity index (χ2v) is 6.77. The van der Waals surface area contributed by atoms with E-state index in [1.807, 2.05) is 18.2 Å². The first-order valence-electron chi connectivity index (χ1n) is 8.33. The molecule has 0 aliphatic heterocycles. The summed E-state index contributed by atoms with van der Waals surface area (Å²) in [5.41, 5.74) is 3.96. The monoisotopic (exact) mass is 311 g/mol. The zero-order chi connectivity index (χ0) is 16.6. The summed E-state index contributed by atoms with van der Waals surface area (Å²) >= 11 is 0. The van der Waals surface area contributed by atoms with Crippen molar-refractivity contribution in [2.24, 2.45) is 11.8 Å². The highest BCUT2D eigenvalue weighted by Gasteiger charge is 2.34. The standard InChI is InChI=1S/C20H25NO2/c1-12-13(2)15(4)19-11-20(22-5)16(10-18(19)14(12)3)6-7-17-8-9-21-23-17/h6-15H,1-5H3. The molecule has 1 aliphatic rings. The Morgan fingerprint density at radius 1 is 1.00 bits per heavy atom. The van der Waals surface area contributed by atoms with E-state index in [2.05, 4.69) is 45.0 Å². The number of nitrogens with zero attached hydrogens (tertiary/aromatic N) is 1. The van der Waals surface area contributed by atoms with Crippen LogP contribution in [0.3, 0.4) is 0 Å². The van der Waals surface area contributed by atoms with E-state index in [-0.39, 0.29) is 0 Å². The predicted octanol–water partition coefficient (Wildman–Crippen LogP) is 5.35. The third-order valence-electron chi connectivity index (χ3n) is 5.71. The Kier molecular flexibility index (Phi) is 4.29. The molecule has 1 aromatic heterocycles. The van der Waals surface area contributed by atoms with Crippen molar-refractivity contribution < 1.29 is 9.26 Å². The normalized spacial score (nSPS) is 27.2. The van der Waals surface area contributed by atoms with E-state index in [1.165, 1.54) is 11.1 Å². The molecule has 122 valence electrons. The lowest BCUT2D eigenvalue weighted by molar-refractivity contribution is 0.272. The minimum atomic E-state index is 0.553. The van der Waals surface area contributed by atoms with Gasteiger partial charge in [0, 0.05) is 11.6 Å². The third-order valence-corrected chi connectivity index (χ3v) is 5.71. The van der Waals surface area contributed by atoms with Gasteiger partial charge in [0.25, 0.3) is 0 Å². The lowest BCUT2D eigenvalue weighted by Crippen LogP contribution is -2.27. The van der Waals surface area contributed by atoms with Crippen LogP contribution in [0.2, 0.25) is 0 Å². The van der Waals surface area contributed by atoms with Gasteiger partial charge in [-0.3, -0.25) is 0 Å². The Hall–Kier alpha value is -2.03. The fourth-order valence-electron chi connectivity index (χ4n) is 3.69. The molecule has 0 radical (unpaired) electrons. The molecule has 4 atom stereocenters. The Balaban J connectivity index is 2.05. The van der Waals surface area contributed by atoms with Gasteiger partial charge < -0.3 is 9.26 Å². The summed E-state index contributed by atoms with van der Waals surface area (Å²) in [5, 5.41) is 3.73. The van der Waals surface area contributed by atoms with E-state index >= 15 is 0 Å². The molecule has 1 aromatic carbocycles. The molecule has 0 bridgehead atoms. The van der Waals surface area contributed by atoms with Crippen LogP contribution in [0, 0.1) is 11.8 Å². The van der Waals surface area contributed by atoms with Crippen LogP contribution in [-0.4, -0.2) is 12.3 Å². The number of methoxy groups -OCH3 is 1. The number of rotatable bonds is 3. The molecule has 0 fully saturated rings. The number of aromatic nitrogens is 1. The maximum Gasteiger partial charge on any atom is 0.159 e. The van der Waals surface area contributed by atoms with Crippen molar-refractivity contribution >= 4 is 12.2 Å². The molecule has 2 aromatic rings. The maximum atomic E-state index is 5.63. The van der Waals surface area contributed by atoms with Crippen LogP contribution in [-0.2, 0) is 0 Å². The summed E-state index contributed by atoms with van der Waals surface area (Å²) in [6, 6.07) is 6.35. The van der Waals surface area contributed by atoms with Gasteiger partial charge in [0.05, 0.1) is 13.3 Å². The van der Waals surface area contributed by atoms with Crippen LogP contribution < -0.4 is 4.74 Å². The average Bonchev–Trinajstić information content (AvgIpc) is 3.08. The highest BCUT2D eigenvalue weighted by atomic mass is 16.5. The van der Waals surface area contributed by atoms with Crippen molar-refractivity contribution in [2.75, 3.05) is 7.11 Å². The van der Waals surface area contributed by atoms with Gasteiger partial charge in [-0.1, -0.05) is 32.9 Å². The molecule has 1 heterocycles. The Bertz CT molecular complexity index is 703. The second kappa shape index (κ2) is 6.23. The molecule has 0 spiro atoms. The molecular weight excluding hydrogens is 286 g/mol. The van der Waals surface area contributed by atoms with Crippen molar-refractivity contribution in [3.8, 4) is 5.75 Å². The summed E-state index contributed by atoms with van der Waals surface area (Å²) in [6.07, 6.45) is 5.62. The number of fused-ring (bicyclic) bond motifs is 1. The van der Waals surface area contributed by atoms with Crippen molar-refractivity contribution in [1.29, 1.82) is 0 Å². The summed E-state index contributed by atoms with van der Waals surface area (Å²) in [7, 11) is 1.73. The molecule has 3 rings (SSSR count). The number of hydrogen-bond donors (Lipinski definition) is 0. The van der Waals surface area contributed by atoms with Gasteiger partial charge in [0.2, 0.25) is 0 Å². The minimum absolute atomic E-state index is 0.553. The Morgan fingerprint density at radius 2 is 1.65 bits per heavy atom. The van der Waals surface area contributed by atoms with E-state index in [9.17, 15) is 0 Å². The van der Waals surface area contributed by atoms with Gasteiger partial charge in [-0.05, 0) is 59.1 Å². The molecule has 4 unspecified atom stereocenters. The summed E-state index contributed by atoms with van der Waals surface area (Å²) < 4.78 is 10.8. The maximum absolute atomic E-state index is 5.63. The summed E-state index contributed by atoms with van der Waals surface area (Å²) in [5.74, 6) is 4.13. The SMILES string of the molecule is COc1cc2c(cc1C=Cc1ccno1)C(C)C(C)C(C)C2C. The van der Waals surface area contributed by atoms with Gasteiger partial charge in [-0.25, -0.2) is 0 Å². The van der Waals surface area contributed by atoms with Crippen LogP contribution in [0.1, 0.15) is 62.0 Å². The molecule has 3 heteroatoms. The van der Waals surface area contributed by atoms with Crippen molar-refractivity contribution in [3.05, 3.63) is 46.8 Å². The van der Waals surface area contributed by atoms with Crippen LogP contribution in [0.4, 0.5) is 0 Å². The van der Waals surface area contributed by atoms with Gasteiger partial charge in [0.1, 0.15) is 5.75 Å². The molecule has 23 heavy (non-hydrogen) atoms. The van der Waals surface area contributed by atoms with E-state index in [1.54, 1.807) is 13.3 Å². The molecule has 0 N–H and O–H groups in total. The molecule has 0 amide bonds. The highest BCUT2D eigenvalue weighted by Crippen LogP contribution is 2.47. The average molecular weight is 311 g/mol. The smallest absolute Gasteiger partial charge is 0.159 e. The van der Waals surface area contributed by atoms with Crippen molar-refractivity contribution in [1.82, 2.24) is 5.16 Å². The van der Waals surface area contributed by atoms with E-state index < -0.39 is 0 Å². The molecule has 0 saturated heterocycles. The fraction of sp³-hybridized carbons (Fsp3) is 0.450. The third kappa shape index (κ3) is 2.80. The van der Waals surface area contributed by atoms with Gasteiger partial charge in [-0.15, -0.1) is 0 Å². The zero-order valence-electron chi connectivity index (χ0n) is 14.5. The first-order chi connectivity index (χ1) is 11.0. The Labute approximate surface area is 138 Å². The van der Waals surface area contributed by atoms with E-state index in [0.29, 0.717) is 23.7 Å². The first-order valence-corrected chi connectivity index (χ1v) is 8.33. The molecule has 0 saturated carbocycles. The summed E-state index contributed by atoms with van der Waals surface area (Å²) in [4.78, 5) is 0. The minimum Gasteiger partial charge on any atom is -0.496 e. The van der Waals surface area contributed by atoms with E-state index in [0.717, 1.165) is 17.1 Å². The second-order valence-electron chi connectivity index (χ2n) is 6.77. The quantitative estimate of drug-likeness (QED) is 0.766. The molecule has 1 aliphatic carbocycles. The molecular formula is C20H25NO2. The van der Waals surface area contributed by atoms with Gasteiger partial charge in [0.15, 0.2) is 5.76 Å². The van der Waals surface area contributed by atoms with Crippen LogP contribution in [0.5, 0.6) is 5.75 Å². The number of ether oxygens (including phenoxy) is 1. The largest absolute Gasteiger partial charge is 0.496 e. The predicted molar refractivity (Wildman–Crippen MR) is 93.6 cm³/mol. The van der Waals surface area contributed by atoms with Crippen LogP contribution in [0.25, 0.3) is 12.2 Å². The van der Waals surface area contributed by atoms with Gasteiger partial charge >= 0.3 is 0 Å². The first kappa shape index (κ1) is 15.9. The highest BCUT2D eigenvalue weighted by molar-refractivity contribution is 5.72. The number of hydrogen-bond acceptors (Lipinski definition) is 3. The van der Waals surface area contributed by atoms with E-state index in [4.69, 9.17) is 9.26 Å². The summed E-state index contributed by atoms with van der Waals surface area (Å²) in [6.45, 7) is 9.39. The van der Waals surface area contributed by atoms with Crippen molar-refractivity contribution in [2.45, 2.75) is 39.5 Å². The zero-order valence-corrected chi connectivity index (χ0v) is 14.5. The van der Waals surface area contributed by atoms with Crippen LogP contribution >= 0.6 is 0 Å². The lowest BCUT2D eigenvalue weighted by Gasteiger charge is -2.39. The fourth-order valence-corrected chi connectivity index (χ4v) is 3.69. The van der Waals surface area contributed by atoms with Crippen LogP contribution in [0.15, 0.2) is 28.9 Å². The van der Waals surface area contributed by atoms with Gasteiger partial charge in [-0.2, -0.15) is 0 Å².